The second-order valence-electron chi connectivity index (χ2n) is 18.6. The van der Waals surface area contributed by atoms with Gasteiger partial charge in [-0.05, 0) is 89.3 Å². The van der Waals surface area contributed by atoms with Gasteiger partial charge in [0.15, 0.2) is 0 Å². The fraction of sp³-hybridized carbons (Fsp3) is 0.429. The highest BCUT2D eigenvalue weighted by atomic mass is 19.3. The molecular weight excluding hydrogens is 835 g/mol. The van der Waals surface area contributed by atoms with E-state index >= 15 is 8.78 Å². The number of benzene rings is 3. The highest BCUT2D eigenvalue weighted by Gasteiger charge is 2.55. The number of amides is 4. The Morgan fingerprint density at radius 2 is 1.18 bits per heavy atom. The third-order valence-electron chi connectivity index (χ3n) is 13.7. The SMILES string of the molecule is COC(=O)N[C@H](C(=O)N1CCC[C@H]1c1ncc(-c2ccc(-c3ccc4c(c3)C(F)(F)c3cc(-c5cnc([C@@H]6CC7(CC7)CN6C(=O)[C@@H](NC(=O)OC)C(C)C)[nH]5)ccc3-4)cc2)[nH]1)C(C)C. The standard InChI is InChI=1S/C49H54F2N8O6/c1-26(2)40(56-46(62)64-5)44(60)58-19-7-8-38(58)42-52-23-36(54-42)29-11-9-28(10-12-29)30-13-15-32-33-16-14-31(21-35(33)49(50,51)34(32)20-30)37-24-53-43(55-37)39-22-48(17-18-48)25-59(39)45(61)41(27(3)4)57-47(63)65-6/h9-16,20-21,23-24,26-27,38-41H,7-8,17-19,22,25H2,1-6H3,(H,52,54)(H,53,55)(H,56,62)(H,57,63)/t38-,39-,40-,41-/m0/s1. The number of carbonyl (C=O) groups excluding carboxylic acids is 4. The van der Waals surface area contributed by atoms with Crippen LogP contribution < -0.4 is 10.6 Å². The number of halogens is 2. The summed E-state index contributed by atoms with van der Waals surface area (Å²) in [5.41, 5.74) is 4.94. The van der Waals surface area contributed by atoms with Crippen molar-refractivity contribution in [3.05, 3.63) is 95.8 Å². The number of imidazole rings is 2. The van der Waals surface area contributed by atoms with Crippen molar-refractivity contribution in [3.8, 4) is 44.8 Å². The molecule has 3 aromatic carbocycles. The van der Waals surface area contributed by atoms with Crippen LogP contribution in [0.2, 0.25) is 0 Å². The lowest BCUT2D eigenvalue weighted by Crippen LogP contribution is -2.51. The number of alkyl carbamates (subject to hydrolysis) is 2. The Hall–Kier alpha value is -6.58. The summed E-state index contributed by atoms with van der Waals surface area (Å²) in [6.45, 7) is 8.59. The van der Waals surface area contributed by atoms with E-state index in [9.17, 15) is 19.2 Å². The van der Waals surface area contributed by atoms with Gasteiger partial charge in [0.1, 0.15) is 23.7 Å². The van der Waals surface area contributed by atoms with E-state index in [4.69, 9.17) is 9.47 Å². The number of nitrogens with one attached hydrogen (secondary N) is 4. The molecule has 3 fully saturated rings. The Bertz CT molecular complexity index is 2650. The van der Waals surface area contributed by atoms with E-state index in [-0.39, 0.29) is 52.3 Å². The number of methoxy groups -OCH3 is 2. The monoisotopic (exact) mass is 888 g/mol. The number of carbonyl (C=O) groups is 4. The van der Waals surface area contributed by atoms with Gasteiger partial charge in [-0.1, -0.05) is 76.2 Å². The van der Waals surface area contributed by atoms with E-state index in [1.54, 1.807) is 40.4 Å². The molecule has 2 saturated heterocycles. The van der Waals surface area contributed by atoms with Gasteiger partial charge in [-0.3, -0.25) is 9.59 Å². The van der Waals surface area contributed by atoms with Crippen LogP contribution in [0.25, 0.3) is 44.8 Å². The maximum atomic E-state index is 16.5. The summed E-state index contributed by atoms with van der Waals surface area (Å²) in [4.78, 5) is 71.3. The second-order valence-corrected chi connectivity index (χ2v) is 18.6. The molecule has 5 aromatic rings. The number of alkyl halides is 2. The summed E-state index contributed by atoms with van der Waals surface area (Å²) in [5.74, 6) is -2.76. The van der Waals surface area contributed by atoms with E-state index in [2.05, 4.69) is 30.6 Å². The average Bonchev–Trinajstić information content (AvgIpc) is 3.90. The largest absolute Gasteiger partial charge is 0.453 e. The summed E-state index contributed by atoms with van der Waals surface area (Å²) >= 11 is 0. The minimum absolute atomic E-state index is 0.0135. The lowest BCUT2D eigenvalue weighted by molar-refractivity contribution is -0.136. The predicted molar refractivity (Wildman–Crippen MR) is 238 cm³/mol. The van der Waals surface area contributed by atoms with Crippen molar-refractivity contribution in [2.24, 2.45) is 17.3 Å². The Balaban J connectivity index is 0.907. The van der Waals surface area contributed by atoms with Gasteiger partial charge >= 0.3 is 12.2 Å². The van der Waals surface area contributed by atoms with Gasteiger partial charge in [0.05, 0.1) is 50.1 Å². The molecule has 0 radical (unpaired) electrons. The molecule has 9 rings (SSSR count). The minimum atomic E-state index is -3.27. The van der Waals surface area contributed by atoms with Crippen LogP contribution in [0, 0.1) is 17.3 Å². The number of nitrogens with zero attached hydrogens (tertiary/aromatic N) is 4. The molecule has 2 aliphatic heterocycles. The van der Waals surface area contributed by atoms with Crippen LogP contribution in [-0.4, -0.2) is 93.1 Å². The quantitative estimate of drug-likeness (QED) is 0.102. The fourth-order valence-electron chi connectivity index (χ4n) is 9.86. The maximum absolute atomic E-state index is 16.5. The van der Waals surface area contributed by atoms with E-state index < -0.39 is 30.2 Å². The minimum Gasteiger partial charge on any atom is -0.453 e. The molecular formula is C49H54F2N8O6. The van der Waals surface area contributed by atoms with Crippen LogP contribution in [0.1, 0.15) is 94.7 Å². The molecule has 4 atom stereocenters. The lowest BCUT2D eigenvalue weighted by Gasteiger charge is -2.30. The van der Waals surface area contributed by atoms with Crippen molar-refractivity contribution in [1.82, 2.24) is 40.4 Å². The van der Waals surface area contributed by atoms with Crippen molar-refractivity contribution < 1.29 is 37.4 Å². The lowest BCUT2D eigenvalue weighted by atomic mass is 9.97. The van der Waals surface area contributed by atoms with Crippen molar-refractivity contribution in [3.63, 3.8) is 0 Å². The third kappa shape index (κ3) is 8.01. The van der Waals surface area contributed by atoms with Crippen LogP contribution in [0.4, 0.5) is 18.4 Å². The molecule has 4 amide bonds. The van der Waals surface area contributed by atoms with E-state index in [0.717, 1.165) is 48.9 Å². The molecule has 2 aromatic heterocycles. The summed E-state index contributed by atoms with van der Waals surface area (Å²) in [5, 5.41) is 5.37. The Kier molecular flexibility index (Phi) is 11.3. The zero-order valence-corrected chi connectivity index (χ0v) is 37.3. The maximum Gasteiger partial charge on any atom is 0.407 e. The smallest absolute Gasteiger partial charge is 0.407 e. The summed E-state index contributed by atoms with van der Waals surface area (Å²) in [6.07, 6.45) is 6.28. The molecule has 14 nitrogen and oxygen atoms in total. The first kappa shape index (κ1) is 43.7. The molecule has 16 heteroatoms. The first-order valence-electron chi connectivity index (χ1n) is 22.3. The zero-order valence-electron chi connectivity index (χ0n) is 37.3. The second kappa shape index (κ2) is 16.8. The van der Waals surface area contributed by atoms with Crippen LogP contribution in [0.5, 0.6) is 0 Å². The van der Waals surface area contributed by atoms with Gasteiger partial charge in [-0.25, -0.2) is 19.6 Å². The zero-order chi connectivity index (χ0) is 45.9. The molecule has 340 valence electrons. The summed E-state index contributed by atoms with van der Waals surface area (Å²) in [6, 6.07) is 15.7. The Morgan fingerprint density at radius 3 is 1.74 bits per heavy atom. The van der Waals surface area contributed by atoms with Crippen LogP contribution in [0.15, 0.2) is 73.1 Å². The van der Waals surface area contributed by atoms with E-state index in [1.807, 2.05) is 64.1 Å². The molecule has 0 bridgehead atoms. The third-order valence-corrected chi connectivity index (χ3v) is 13.7. The van der Waals surface area contributed by atoms with Gasteiger partial charge in [0.2, 0.25) is 11.8 Å². The van der Waals surface area contributed by atoms with Gasteiger partial charge in [0.25, 0.3) is 5.92 Å². The van der Waals surface area contributed by atoms with Crippen molar-refractivity contribution in [2.75, 3.05) is 27.3 Å². The van der Waals surface area contributed by atoms with Crippen molar-refractivity contribution in [2.45, 2.75) is 89.9 Å². The van der Waals surface area contributed by atoms with Crippen LogP contribution >= 0.6 is 0 Å². The number of hydrogen-bond acceptors (Lipinski definition) is 8. The van der Waals surface area contributed by atoms with Gasteiger partial charge < -0.3 is 39.9 Å². The number of ether oxygens (including phenoxy) is 2. The number of hydrogen-bond donors (Lipinski definition) is 4. The summed E-state index contributed by atoms with van der Waals surface area (Å²) < 4.78 is 42.6. The van der Waals surface area contributed by atoms with Gasteiger partial charge in [-0.15, -0.1) is 0 Å². The van der Waals surface area contributed by atoms with Gasteiger partial charge in [0, 0.05) is 29.8 Å². The highest BCUT2D eigenvalue weighted by Crippen LogP contribution is 2.58. The predicted octanol–water partition coefficient (Wildman–Crippen LogP) is 8.73. The van der Waals surface area contributed by atoms with Crippen LogP contribution in [0.3, 0.4) is 0 Å². The topological polar surface area (TPSA) is 175 Å². The number of H-pyrrole nitrogens is 2. The molecule has 65 heavy (non-hydrogen) atoms. The van der Waals surface area contributed by atoms with Crippen LogP contribution in [-0.2, 0) is 25.0 Å². The number of rotatable bonds is 11. The normalized spacial score (nSPS) is 19.8. The summed E-state index contributed by atoms with van der Waals surface area (Å²) in [7, 11) is 2.53. The molecule has 1 saturated carbocycles. The number of aromatic amines is 2. The van der Waals surface area contributed by atoms with Gasteiger partial charge in [-0.2, -0.15) is 8.78 Å². The first-order chi connectivity index (χ1) is 31.1. The number of aromatic nitrogens is 4. The molecule has 1 spiro atoms. The fourth-order valence-corrected chi connectivity index (χ4v) is 9.86. The Morgan fingerprint density at radius 1 is 0.692 bits per heavy atom. The molecule has 4 aliphatic rings. The van der Waals surface area contributed by atoms with Crippen molar-refractivity contribution >= 4 is 24.0 Å². The molecule has 2 aliphatic carbocycles. The molecule has 4 N–H and O–H groups in total. The van der Waals surface area contributed by atoms with E-state index in [0.29, 0.717) is 52.7 Å². The first-order valence-corrected chi connectivity index (χ1v) is 22.3. The molecule has 0 unspecified atom stereocenters. The number of likely N-dealkylation sites (tertiary alicyclic amines) is 2. The number of fused-ring (bicyclic) bond motifs is 3. The van der Waals surface area contributed by atoms with Crippen molar-refractivity contribution in [1.29, 1.82) is 0 Å². The Labute approximate surface area is 375 Å². The highest BCUT2D eigenvalue weighted by molar-refractivity contribution is 5.88. The van der Waals surface area contributed by atoms with E-state index in [1.165, 1.54) is 20.3 Å². The average molecular weight is 889 g/mol. The molecule has 4 heterocycles.